The maximum Gasteiger partial charge on any atom is 0.165 e. The van der Waals surface area contributed by atoms with Crippen LogP contribution in [0.4, 0.5) is 10.2 Å². The molecule has 1 aromatic carbocycles. The lowest BCUT2D eigenvalue weighted by Crippen LogP contribution is -2.61. The van der Waals surface area contributed by atoms with Crippen LogP contribution >= 0.6 is 0 Å². The molecule has 0 saturated carbocycles. The van der Waals surface area contributed by atoms with E-state index in [1.165, 1.54) is 6.07 Å². The van der Waals surface area contributed by atoms with Crippen LogP contribution < -0.4 is 4.90 Å². The average Bonchev–Trinajstić information content (AvgIpc) is 3.39. The van der Waals surface area contributed by atoms with Gasteiger partial charge < -0.3 is 14.6 Å². The minimum Gasteiger partial charge on any atom is -0.378 e. The molecule has 7 rings (SSSR count). The first-order valence-corrected chi connectivity index (χ1v) is 15.2. The van der Waals surface area contributed by atoms with Crippen LogP contribution in [0.5, 0.6) is 0 Å². The van der Waals surface area contributed by atoms with Crippen molar-refractivity contribution in [2.75, 3.05) is 68.9 Å². The van der Waals surface area contributed by atoms with Crippen molar-refractivity contribution < 1.29 is 17.5 Å². The Morgan fingerprint density at radius 1 is 0.974 bits per heavy atom. The number of nitrogens with zero attached hydrogens (tertiary/aromatic N) is 6. The molecule has 6 heterocycles. The number of sulfone groups is 1. The number of H-pyrrole nitrogens is 1. The topological polar surface area (TPSA) is 108 Å². The van der Waals surface area contributed by atoms with Crippen molar-refractivity contribution in [1.29, 1.82) is 0 Å². The largest absolute Gasteiger partial charge is 0.378 e. The Bertz CT molecular complexity index is 1630. The lowest BCUT2D eigenvalue weighted by atomic mass is 10.1. The summed E-state index contributed by atoms with van der Waals surface area (Å²) in [5, 5.41) is 0.741. The lowest BCUT2D eigenvalue weighted by Gasteiger charge is -2.46. The van der Waals surface area contributed by atoms with Gasteiger partial charge >= 0.3 is 0 Å². The number of nitrogens with one attached hydrogen (secondary N) is 1. The summed E-state index contributed by atoms with van der Waals surface area (Å²) in [5.74, 6) is 1.19. The van der Waals surface area contributed by atoms with Crippen molar-refractivity contribution in [3.63, 3.8) is 0 Å². The van der Waals surface area contributed by atoms with Crippen molar-refractivity contribution in [2.45, 2.75) is 12.6 Å². The second-order valence-corrected chi connectivity index (χ2v) is 12.8. The van der Waals surface area contributed by atoms with Gasteiger partial charge in [0, 0.05) is 69.0 Å². The van der Waals surface area contributed by atoms with Crippen LogP contribution in [0.2, 0.25) is 0 Å². The molecule has 3 aliphatic heterocycles. The van der Waals surface area contributed by atoms with Crippen LogP contribution in [0.25, 0.3) is 33.3 Å². The molecule has 4 aromatic rings. The fourth-order valence-corrected chi connectivity index (χ4v) is 7.02. The Labute approximate surface area is 225 Å². The second kappa shape index (κ2) is 9.77. The fourth-order valence-electron chi connectivity index (χ4n) is 5.79. The number of benzene rings is 1. The first kappa shape index (κ1) is 24.8. The molecule has 0 unspecified atom stereocenters. The number of hydrogen-bond acceptors (Lipinski definition) is 9. The molecule has 0 radical (unpaired) electrons. The quantitative estimate of drug-likeness (QED) is 0.399. The minimum atomic E-state index is -2.87. The van der Waals surface area contributed by atoms with E-state index >= 15 is 4.39 Å². The summed E-state index contributed by atoms with van der Waals surface area (Å²) in [5.41, 5.74) is 3.51. The van der Waals surface area contributed by atoms with E-state index in [0.29, 0.717) is 80.2 Å². The average molecular weight is 552 g/mol. The summed E-state index contributed by atoms with van der Waals surface area (Å²) in [6.45, 7) is 6.26. The van der Waals surface area contributed by atoms with Crippen LogP contribution in [0, 0.1) is 5.82 Å². The van der Waals surface area contributed by atoms with Gasteiger partial charge in [-0.05, 0) is 30.3 Å². The van der Waals surface area contributed by atoms with Crippen molar-refractivity contribution in [2.24, 2.45) is 0 Å². The zero-order valence-electron chi connectivity index (χ0n) is 21.5. The molecule has 3 aromatic heterocycles. The zero-order valence-corrected chi connectivity index (χ0v) is 22.3. The molecule has 3 aliphatic rings. The van der Waals surface area contributed by atoms with E-state index in [1.54, 1.807) is 12.3 Å². The zero-order chi connectivity index (χ0) is 26.6. The molecular formula is C27H30FN7O3S. The highest BCUT2D eigenvalue weighted by atomic mass is 32.2. The molecule has 39 heavy (non-hydrogen) atoms. The third kappa shape index (κ3) is 4.75. The third-order valence-electron chi connectivity index (χ3n) is 8.02. The standard InChI is InChI=1S/C27H30FN7O3S/c28-21-2-4-22-20(5-6-29-22)24(21)26-31-23-3-1-18(30-25(23)27(32-26)35-7-11-38-12-8-35)15-33-16-19(17-33)34-9-13-39(36,37)14-10-34/h1-6,19,29H,7-17H2. The minimum absolute atomic E-state index is 0.254. The van der Waals surface area contributed by atoms with Gasteiger partial charge in [-0.2, -0.15) is 0 Å². The third-order valence-corrected chi connectivity index (χ3v) is 9.63. The number of anilines is 1. The van der Waals surface area contributed by atoms with Gasteiger partial charge in [-0.25, -0.2) is 27.8 Å². The molecule has 0 amide bonds. The Morgan fingerprint density at radius 3 is 2.56 bits per heavy atom. The van der Waals surface area contributed by atoms with E-state index in [9.17, 15) is 8.42 Å². The molecule has 1 N–H and O–H groups in total. The van der Waals surface area contributed by atoms with Gasteiger partial charge in [0.05, 0.1) is 41.5 Å². The van der Waals surface area contributed by atoms with Gasteiger partial charge in [0.2, 0.25) is 0 Å². The maximum absolute atomic E-state index is 15.1. The van der Waals surface area contributed by atoms with Gasteiger partial charge in [-0.3, -0.25) is 9.80 Å². The smallest absolute Gasteiger partial charge is 0.165 e. The molecule has 0 bridgehead atoms. The molecule has 204 valence electrons. The number of halogens is 1. The van der Waals surface area contributed by atoms with Gasteiger partial charge in [0.25, 0.3) is 0 Å². The summed E-state index contributed by atoms with van der Waals surface area (Å²) in [6.07, 6.45) is 1.79. The Hall–Kier alpha value is -3.19. The Balaban J connectivity index is 1.18. The molecule has 12 heteroatoms. The molecular weight excluding hydrogens is 521 g/mol. The SMILES string of the molecule is O=S1(=O)CCN(C2CN(Cc3ccc4nc(-c5c(F)ccc6[nH]ccc56)nc(N5CCOCC5)c4n3)C2)CC1. The number of pyridine rings is 1. The van der Waals surface area contributed by atoms with Gasteiger partial charge in [0.15, 0.2) is 21.5 Å². The maximum atomic E-state index is 15.1. The van der Waals surface area contributed by atoms with Crippen molar-refractivity contribution in [3.05, 3.63) is 48.0 Å². The van der Waals surface area contributed by atoms with Crippen LogP contribution in [0.3, 0.4) is 0 Å². The first-order chi connectivity index (χ1) is 18.9. The molecule has 0 atom stereocenters. The second-order valence-electron chi connectivity index (χ2n) is 10.5. The summed E-state index contributed by atoms with van der Waals surface area (Å²) in [4.78, 5) is 24.6. The van der Waals surface area contributed by atoms with E-state index in [-0.39, 0.29) is 17.3 Å². The fraction of sp³-hybridized carbons (Fsp3) is 0.444. The normalized spacial score (nSPS) is 21.0. The van der Waals surface area contributed by atoms with Crippen molar-refractivity contribution >= 4 is 37.6 Å². The van der Waals surface area contributed by atoms with Crippen LogP contribution in [-0.2, 0) is 21.1 Å². The summed E-state index contributed by atoms with van der Waals surface area (Å²) >= 11 is 0. The van der Waals surface area contributed by atoms with E-state index in [0.717, 1.165) is 29.7 Å². The highest BCUT2D eigenvalue weighted by molar-refractivity contribution is 7.91. The number of aromatic nitrogens is 4. The Morgan fingerprint density at radius 2 is 1.77 bits per heavy atom. The number of fused-ring (bicyclic) bond motifs is 2. The predicted molar refractivity (Wildman–Crippen MR) is 147 cm³/mol. The van der Waals surface area contributed by atoms with Crippen LogP contribution in [0.1, 0.15) is 5.69 Å². The van der Waals surface area contributed by atoms with Crippen LogP contribution in [0.15, 0.2) is 36.5 Å². The molecule has 3 fully saturated rings. The number of rotatable bonds is 5. The lowest BCUT2D eigenvalue weighted by molar-refractivity contribution is 0.0327. The number of aromatic amines is 1. The monoisotopic (exact) mass is 551 g/mol. The highest BCUT2D eigenvalue weighted by Crippen LogP contribution is 2.33. The van der Waals surface area contributed by atoms with Crippen LogP contribution in [-0.4, -0.2) is 108 Å². The van der Waals surface area contributed by atoms with Crippen molar-refractivity contribution in [1.82, 2.24) is 29.7 Å². The summed E-state index contributed by atoms with van der Waals surface area (Å²) in [7, 11) is -2.87. The predicted octanol–water partition coefficient (Wildman–Crippen LogP) is 2.06. The first-order valence-electron chi connectivity index (χ1n) is 13.4. The van der Waals surface area contributed by atoms with E-state index in [2.05, 4.69) is 19.7 Å². The number of hydrogen-bond donors (Lipinski definition) is 1. The number of morpholine rings is 1. The molecule has 0 aliphatic carbocycles. The molecule has 3 saturated heterocycles. The van der Waals surface area contributed by atoms with Gasteiger partial charge in [-0.15, -0.1) is 0 Å². The van der Waals surface area contributed by atoms with Gasteiger partial charge in [0.1, 0.15) is 11.3 Å². The van der Waals surface area contributed by atoms with Gasteiger partial charge in [-0.1, -0.05) is 0 Å². The highest BCUT2D eigenvalue weighted by Gasteiger charge is 2.35. The Kier molecular flexibility index (Phi) is 6.22. The molecule has 0 spiro atoms. The van der Waals surface area contributed by atoms with E-state index < -0.39 is 9.84 Å². The summed E-state index contributed by atoms with van der Waals surface area (Å²) in [6, 6.07) is 9.34. The molecule has 10 nitrogen and oxygen atoms in total. The number of ether oxygens (including phenoxy) is 1. The number of likely N-dealkylation sites (tertiary alicyclic amines) is 1. The van der Waals surface area contributed by atoms with Crippen molar-refractivity contribution in [3.8, 4) is 11.4 Å². The van der Waals surface area contributed by atoms with E-state index in [4.69, 9.17) is 19.7 Å². The summed E-state index contributed by atoms with van der Waals surface area (Å²) < 4.78 is 44.2. The van der Waals surface area contributed by atoms with E-state index in [1.807, 2.05) is 18.2 Å².